The van der Waals surface area contributed by atoms with E-state index in [4.69, 9.17) is 28.3 Å². The molecule has 0 spiro atoms. The Morgan fingerprint density at radius 1 is 1.03 bits per heavy atom. The van der Waals surface area contributed by atoms with Crippen molar-refractivity contribution in [1.82, 2.24) is 9.55 Å². The number of aromatic nitrogens is 2. The number of hydrogen-bond acceptors (Lipinski definition) is 4. The zero-order valence-corrected chi connectivity index (χ0v) is 23.0. The summed E-state index contributed by atoms with van der Waals surface area (Å²) < 4.78 is 2.11. The molecular weight excluding hydrogens is 529 g/mol. The Kier molecular flexibility index (Phi) is 10.2. The number of carboxylic acid groups (broad SMARTS) is 1. The van der Waals surface area contributed by atoms with Gasteiger partial charge in [-0.1, -0.05) is 78.3 Å². The van der Waals surface area contributed by atoms with E-state index in [9.17, 15) is 9.59 Å². The number of nitrogens with zero attached hydrogens (tertiary/aromatic N) is 2. The monoisotopic (exact) mass is 555 g/mol. The van der Waals surface area contributed by atoms with Gasteiger partial charge in [-0.2, -0.15) is 0 Å². The van der Waals surface area contributed by atoms with Gasteiger partial charge in [0.2, 0.25) is 6.41 Å². The molecule has 0 aliphatic rings. The Balaban J connectivity index is 0.000000208. The Hall–Kier alpha value is -3.26. The minimum Gasteiger partial charge on any atom is -0.481 e. The number of imidazole rings is 1. The average Bonchev–Trinajstić information content (AvgIpc) is 3.21. The van der Waals surface area contributed by atoms with Gasteiger partial charge in [-0.3, -0.25) is 14.2 Å². The van der Waals surface area contributed by atoms with Gasteiger partial charge in [0, 0.05) is 11.9 Å². The minimum absolute atomic E-state index is 0.00320. The number of thioether (sulfide) groups is 1. The van der Waals surface area contributed by atoms with E-state index in [1.165, 1.54) is 5.56 Å². The van der Waals surface area contributed by atoms with Crippen molar-refractivity contribution in [3.63, 3.8) is 0 Å². The summed E-state index contributed by atoms with van der Waals surface area (Å²) in [5.41, 5.74) is 6.39. The van der Waals surface area contributed by atoms with Crippen molar-refractivity contribution in [3.05, 3.63) is 93.7 Å². The highest BCUT2D eigenvalue weighted by Gasteiger charge is 2.12. The highest BCUT2D eigenvalue weighted by molar-refractivity contribution is 7.99. The summed E-state index contributed by atoms with van der Waals surface area (Å²) in [6.07, 6.45) is 2.46. The SMILES string of the molecule is CCSc1ncc(C)n1-c1ccc(C)cc1Cl.O=CNc1ccc(-c2ccc(CC(=O)O)cc2)cc1Cl. The summed E-state index contributed by atoms with van der Waals surface area (Å²) in [6.45, 7) is 6.21. The van der Waals surface area contributed by atoms with E-state index < -0.39 is 5.97 Å². The van der Waals surface area contributed by atoms with Gasteiger partial charge >= 0.3 is 5.97 Å². The molecule has 0 saturated carbocycles. The number of aryl methyl sites for hydroxylation is 2. The van der Waals surface area contributed by atoms with Crippen LogP contribution in [0, 0.1) is 13.8 Å². The molecule has 0 unspecified atom stereocenters. The summed E-state index contributed by atoms with van der Waals surface area (Å²) >= 11 is 14.1. The Morgan fingerprint density at radius 2 is 1.73 bits per heavy atom. The lowest BCUT2D eigenvalue weighted by atomic mass is 10.0. The third kappa shape index (κ3) is 7.61. The molecule has 3 aromatic carbocycles. The Labute approximate surface area is 230 Å². The molecule has 0 aliphatic carbocycles. The fourth-order valence-corrected chi connectivity index (χ4v) is 4.91. The fraction of sp³-hybridized carbons (Fsp3) is 0.179. The molecule has 0 bridgehead atoms. The quantitative estimate of drug-likeness (QED) is 0.174. The van der Waals surface area contributed by atoms with Gasteiger partial charge in [-0.25, -0.2) is 4.98 Å². The lowest BCUT2D eigenvalue weighted by Crippen LogP contribution is -2.00. The van der Waals surface area contributed by atoms with Gasteiger partial charge in [0.1, 0.15) is 0 Å². The van der Waals surface area contributed by atoms with E-state index in [1.54, 1.807) is 36.0 Å². The molecule has 1 heterocycles. The second kappa shape index (κ2) is 13.3. The molecule has 9 heteroatoms. The number of amides is 1. The zero-order chi connectivity index (χ0) is 26.9. The van der Waals surface area contributed by atoms with Gasteiger partial charge in [0.15, 0.2) is 5.16 Å². The van der Waals surface area contributed by atoms with E-state index in [1.807, 2.05) is 50.4 Å². The maximum absolute atomic E-state index is 10.6. The van der Waals surface area contributed by atoms with Crippen molar-refractivity contribution in [2.24, 2.45) is 0 Å². The lowest BCUT2D eigenvalue weighted by molar-refractivity contribution is -0.136. The first kappa shape index (κ1) is 28.3. The van der Waals surface area contributed by atoms with Crippen LogP contribution in [0.25, 0.3) is 16.8 Å². The number of rotatable bonds is 8. The molecule has 37 heavy (non-hydrogen) atoms. The van der Waals surface area contributed by atoms with Crippen LogP contribution in [0.15, 0.2) is 72.0 Å². The maximum Gasteiger partial charge on any atom is 0.307 e. The van der Waals surface area contributed by atoms with Crippen LogP contribution in [0.5, 0.6) is 0 Å². The highest BCUT2D eigenvalue weighted by atomic mass is 35.5. The lowest BCUT2D eigenvalue weighted by Gasteiger charge is -2.11. The molecule has 0 fully saturated rings. The van der Waals surface area contributed by atoms with E-state index in [-0.39, 0.29) is 6.42 Å². The van der Waals surface area contributed by atoms with Crippen LogP contribution in [0.2, 0.25) is 10.0 Å². The first-order valence-electron chi connectivity index (χ1n) is 11.5. The van der Waals surface area contributed by atoms with Crippen molar-refractivity contribution in [1.29, 1.82) is 0 Å². The van der Waals surface area contributed by atoms with Crippen LogP contribution in [0.1, 0.15) is 23.7 Å². The third-order valence-corrected chi connectivity index (χ3v) is 6.80. The molecule has 6 nitrogen and oxygen atoms in total. The van der Waals surface area contributed by atoms with Crippen LogP contribution in [0.3, 0.4) is 0 Å². The second-order valence-corrected chi connectivity index (χ2v) is 10.2. The van der Waals surface area contributed by atoms with Crippen molar-refractivity contribution < 1.29 is 14.7 Å². The highest BCUT2D eigenvalue weighted by Crippen LogP contribution is 2.29. The number of halogens is 2. The molecule has 2 N–H and O–H groups in total. The number of anilines is 1. The van der Waals surface area contributed by atoms with Crippen LogP contribution in [-0.2, 0) is 16.0 Å². The number of carbonyl (C=O) groups is 2. The number of hydrogen-bond donors (Lipinski definition) is 2. The Morgan fingerprint density at radius 3 is 2.32 bits per heavy atom. The van der Waals surface area contributed by atoms with Crippen LogP contribution < -0.4 is 5.32 Å². The topological polar surface area (TPSA) is 84.2 Å². The normalized spacial score (nSPS) is 10.4. The number of nitrogens with one attached hydrogen (secondary N) is 1. The largest absolute Gasteiger partial charge is 0.481 e. The maximum atomic E-state index is 10.6. The van der Waals surface area contributed by atoms with Crippen molar-refractivity contribution in [3.8, 4) is 16.8 Å². The van der Waals surface area contributed by atoms with Crippen LogP contribution in [0.4, 0.5) is 5.69 Å². The summed E-state index contributed by atoms with van der Waals surface area (Å²) in [5, 5.41) is 13.4. The fourth-order valence-electron chi connectivity index (χ4n) is 3.60. The van der Waals surface area contributed by atoms with Gasteiger partial charge in [-0.05, 0) is 66.1 Å². The molecule has 1 aromatic heterocycles. The molecule has 0 aliphatic heterocycles. The van der Waals surface area contributed by atoms with E-state index in [0.29, 0.717) is 17.1 Å². The average molecular weight is 557 g/mol. The molecule has 1 amide bonds. The predicted molar refractivity (Wildman–Crippen MR) is 152 cm³/mol. The number of carbonyl (C=O) groups excluding carboxylic acids is 1. The Bertz CT molecular complexity index is 1390. The molecule has 192 valence electrons. The number of aliphatic carboxylic acids is 1. The number of carboxylic acids is 1. The van der Waals surface area contributed by atoms with Gasteiger partial charge in [0.25, 0.3) is 0 Å². The minimum atomic E-state index is -0.856. The zero-order valence-electron chi connectivity index (χ0n) is 20.7. The molecule has 4 aromatic rings. The first-order chi connectivity index (χ1) is 17.7. The first-order valence-corrected chi connectivity index (χ1v) is 13.2. The molecule has 4 rings (SSSR count). The summed E-state index contributed by atoms with van der Waals surface area (Å²) in [6, 6.07) is 18.6. The van der Waals surface area contributed by atoms with Crippen molar-refractivity contribution >= 4 is 53.0 Å². The van der Waals surface area contributed by atoms with E-state index >= 15 is 0 Å². The summed E-state index contributed by atoms with van der Waals surface area (Å²) in [4.78, 5) is 25.4. The predicted octanol–water partition coefficient (Wildman–Crippen LogP) is 7.46. The molecule has 0 radical (unpaired) electrons. The van der Waals surface area contributed by atoms with E-state index in [2.05, 4.69) is 27.9 Å². The standard InChI is InChI=1S/C15H12ClNO3.C13H15ClN2S/c16-13-8-12(5-6-14(13)17-9-18)11-3-1-10(2-4-11)7-15(19)20;1-4-17-13-15-8-10(3)16(13)12-6-5-9(2)7-11(12)14/h1-6,8-9H,7H2,(H,17,18)(H,19,20);5-8H,4H2,1-3H3. The second-order valence-electron chi connectivity index (χ2n) is 8.13. The molecule has 0 atom stereocenters. The van der Waals surface area contributed by atoms with Gasteiger partial charge in [0.05, 0.1) is 27.8 Å². The summed E-state index contributed by atoms with van der Waals surface area (Å²) in [7, 11) is 0. The van der Waals surface area contributed by atoms with Gasteiger partial charge in [-0.15, -0.1) is 0 Å². The van der Waals surface area contributed by atoms with Crippen LogP contribution >= 0.6 is 35.0 Å². The molecule has 0 saturated heterocycles. The van der Waals surface area contributed by atoms with Crippen molar-refractivity contribution in [2.45, 2.75) is 32.3 Å². The van der Waals surface area contributed by atoms with Crippen LogP contribution in [-0.4, -0.2) is 32.8 Å². The molecular formula is C28H27Cl2N3O3S. The third-order valence-electron chi connectivity index (χ3n) is 5.35. The van der Waals surface area contributed by atoms with Gasteiger partial charge < -0.3 is 10.4 Å². The smallest absolute Gasteiger partial charge is 0.307 e. The number of benzene rings is 3. The summed E-state index contributed by atoms with van der Waals surface area (Å²) in [5.74, 6) is 0.144. The van der Waals surface area contributed by atoms with E-state index in [0.717, 1.165) is 44.0 Å². The van der Waals surface area contributed by atoms with Crippen molar-refractivity contribution in [2.75, 3.05) is 11.1 Å².